The fourth-order valence-corrected chi connectivity index (χ4v) is 6.87. The maximum absolute atomic E-state index is 14.0. The third-order valence-electron chi connectivity index (χ3n) is 9.78. The number of benzene rings is 2. The number of carbonyl (C=O) groups is 3. The lowest BCUT2D eigenvalue weighted by Gasteiger charge is -2.32. The average molecular weight is 701 g/mol. The molecule has 0 unspecified atom stereocenters. The van der Waals surface area contributed by atoms with E-state index >= 15 is 0 Å². The third kappa shape index (κ3) is 8.41. The molecule has 6 N–H and O–H groups in total. The predicted octanol–water partition coefficient (Wildman–Crippen LogP) is 3.29. The number of halogens is 1. The number of aryl methyl sites for hydroxylation is 1. The summed E-state index contributed by atoms with van der Waals surface area (Å²) >= 11 is 0. The van der Waals surface area contributed by atoms with E-state index in [9.17, 15) is 14.4 Å². The zero-order chi connectivity index (χ0) is 34.5. The van der Waals surface area contributed by atoms with Gasteiger partial charge in [-0.3, -0.25) is 14.4 Å². The van der Waals surface area contributed by atoms with Gasteiger partial charge in [-0.05, 0) is 118 Å². The van der Waals surface area contributed by atoms with E-state index < -0.39 is 11.9 Å². The first-order valence-corrected chi connectivity index (χ1v) is 16.9. The number of likely N-dealkylation sites (tertiary alicyclic amines) is 1. The van der Waals surface area contributed by atoms with Gasteiger partial charge in [-0.15, -0.1) is 22.6 Å². The Labute approximate surface area is 298 Å². The molecule has 6 rings (SSSR count). The highest BCUT2D eigenvalue weighted by atomic mass is 35.5. The van der Waals surface area contributed by atoms with Crippen molar-refractivity contribution in [1.29, 1.82) is 0 Å². The number of pyridine rings is 1. The molecule has 0 spiro atoms. The van der Waals surface area contributed by atoms with E-state index in [0.717, 1.165) is 54.7 Å². The van der Waals surface area contributed by atoms with Gasteiger partial charge in [0.15, 0.2) is 0 Å². The summed E-state index contributed by atoms with van der Waals surface area (Å²) in [5.74, 6) is -0.337. The van der Waals surface area contributed by atoms with Gasteiger partial charge >= 0.3 is 0 Å². The normalized spacial score (nSPS) is 19.7. The number of rotatable bonds is 10. The van der Waals surface area contributed by atoms with Gasteiger partial charge in [-0.2, -0.15) is 5.21 Å². The lowest BCUT2D eigenvalue weighted by Crippen LogP contribution is -2.50. The van der Waals surface area contributed by atoms with Gasteiger partial charge in [0.1, 0.15) is 5.69 Å². The van der Waals surface area contributed by atoms with E-state index in [1.807, 2.05) is 44.3 Å². The molecule has 2 atom stereocenters. The van der Waals surface area contributed by atoms with Crippen molar-refractivity contribution in [2.45, 2.75) is 57.5 Å². The standard InChI is InChI=1S/C36H44N10O3.ClH/c1-22-30(15-16-32(39-22)34(47)40-28-17-18-45(2)21-28)25-7-3-23(4-8-25)19-31(38)36(49)46(35(48)27-9-5-24(20-37)6-10-27)29-13-11-26(12-14-29)33-41-43-44-42-33;/h3-4,7-8,11-16,24,27-28,31H,5-6,9-10,17-21,37-38H2,1-2H3,(H,40,47)(H,41,42,43,44);1H/t24?,27?,28-,31+;/m1./s1. The molecule has 1 aliphatic carbocycles. The van der Waals surface area contributed by atoms with Gasteiger partial charge < -0.3 is 21.7 Å². The van der Waals surface area contributed by atoms with Crippen LogP contribution in [0.25, 0.3) is 22.5 Å². The fourth-order valence-electron chi connectivity index (χ4n) is 6.87. The van der Waals surface area contributed by atoms with E-state index in [-0.39, 0.29) is 42.6 Å². The van der Waals surface area contributed by atoms with Crippen LogP contribution in [0.3, 0.4) is 0 Å². The number of nitrogens with zero attached hydrogens (tertiary/aromatic N) is 6. The van der Waals surface area contributed by atoms with E-state index in [0.29, 0.717) is 48.1 Å². The number of anilines is 1. The van der Waals surface area contributed by atoms with Gasteiger partial charge in [-0.1, -0.05) is 30.3 Å². The molecular weight excluding hydrogens is 656 g/mol. The van der Waals surface area contributed by atoms with E-state index in [1.165, 1.54) is 4.90 Å². The van der Waals surface area contributed by atoms with Gasteiger partial charge in [-0.25, -0.2) is 9.88 Å². The number of imide groups is 1. The summed E-state index contributed by atoms with van der Waals surface area (Å²) in [5, 5.41) is 17.1. The Morgan fingerprint density at radius 1 is 0.980 bits per heavy atom. The zero-order valence-corrected chi connectivity index (χ0v) is 29.2. The lowest BCUT2D eigenvalue weighted by atomic mass is 9.81. The number of carbonyl (C=O) groups excluding carboxylic acids is 3. The minimum absolute atomic E-state index is 0. The first-order chi connectivity index (χ1) is 23.7. The average Bonchev–Trinajstić information content (AvgIpc) is 3.81. The predicted molar refractivity (Wildman–Crippen MR) is 193 cm³/mol. The maximum Gasteiger partial charge on any atom is 0.270 e. The number of likely N-dealkylation sites (N-methyl/N-ethyl adjacent to an activating group) is 1. The SMILES string of the molecule is Cc1nc(C(=O)N[C@@H]2CCN(C)C2)ccc1-c1ccc(C[C@H](N)C(=O)N(C(=O)C2CCC(CN)CC2)c2ccc(-c3nn[nH]n3)cc2)cc1.Cl. The number of aromatic amines is 1. The first-order valence-electron chi connectivity index (χ1n) is 16.9. The van der Waals surface area contributed by atoms with Crippen molar-refractivity contribution in [3.05, 3.63) is 77.6 Å². The molecule has 3 heterocycles. The quantitative estimate of drug-likeness (QED) is 0.191. The van der Waals surface area contributed by atoms with Crippen LogP contribution in [0.4, 0.5) is 5.69 Å². The summed E-state index contributed by atoms with van der Waals surface area (Å²) in [4.78, 5) is 48.8. The van der Waals surface area contributed by atoms with Crippen LogP contribution >= 0.6 is 12.4 Å². The summed E-state index contributed by atoms with van der Waals surface area (Å²) in [7, 11) is 2.05. The van der Waals surface area contributed by atoms with Crippen LogP contribution in [0.1, 0.15) is 53.8 Å². The molecule has 2 aliphatic rings. The van der Waals surface area contributed by atoms with Crippen molar-refractivity contribution < 1.29 is 14.4 Å². The smallest absolute Gasteiger partial charge is 0.270 e. The molecule has 50 heavy (non-hydrogen) atoms. The third-order valence-corrected chi connectivity index (χ3v) is 9.78. The van der Waals surface area contributed by atoms with Crippen LogP contribution < -0.4 is 21.7 Å². The molecule has 0 bridgehead atoms. The first kappa shape index (κ1) is 36.7. The molecule has 1 saturated carbocycles. The highest BCUT2D eigenvalue weighted by Gasteiger charge is 2.35. The Morgan fingerprint density at radius 2 is 1.68 bits per heavy atom. The Morgan fingerprint density at radius 3 is 2.28 bits per heavy atom. The highest BCUT2D eigenvalue weighted by molar-refractivity contribution is 6.17. The minimum Gasteiger partial charge on any atom is -0.347 e. The van der Waals surface area contributed by atoms with Crippen LogP contribution in [0.15, 0.2) is 60.7 Å². The Balaban J connectivity index is 0.00000486. The second-order valence-electron chi connectivity index (χ2n) is 13.3. The Hall–Kier alpha value is -4.56. The van der Waals surface area contributed by atoms with E-state index in [1.54, 1.807) is 30.3 Å². The van der Waals surface area contributed by atoms with Crippen molar-refractivity contribution in [3.8, 4) is 22.5 Å². The van der Waals surface area contributed by atoms with Gasteiger partial charge in [0.2, 0.25) is 11.7 Å². The fraction of sp³-hybridized carbons (Fsp3) is 0.417. The molecule has 13 nitrogen and oxygen atoms in total. The molecule has 264 valence electrons. The largest absolute Gasteiger partial charge is 0.347 e. The lowest BCUT2D eigenvalue weighted by molar-refractivity contribution is -0.130. The topological polar surface area (TPSA) is 189 Å². The van der Waals surface area contributed by atoms with E-state index in [4.69, 9.17) is 11.5 Å². The van der Waals surface area contributed by atoms with Gasteiger partial charge in [0.05, 0.1) is 11.7 Å². The van der Waals surface area contributed by atoms with Crippen LogP contribution in [-0.2, 0) is 16.0 Å². The minimum atomic E-state index is -0.951. The second kappa shape index (κ2) is 16.4. The number of aromatic nitrogens is 5. The molecule has 2 aromatic heterocycles. The number of hydrogen-bond acceptors (Lipinski definition) is 10. The molecule has 1 aliphatic heterocycles. The number of nitrogens with one attached hydrogen (secondary N) is 2. The molecule has 3 amide bonds. The van der Waals surface area contributed by atoms with Crippen molar-refractivity contribution >= 4 is 35.8 Å². The van der Waals surface area contributed by atoms with Crippen molar-refractivity contribution in [3.63, 3.8) is 0 Å². The number of H-pyrrole nitrogens is 1. The van der Waals surface area contributed by atoms with Crippen LogP contribution in [-0.4, -0.2) is 87.0 Å². The summed E-state index contributed by atoms with van der Waals surface area (Å²) in [6, 6.07) is 17.6. The summed E-state index contributed by atoms with van der Waals surface area (Å²) < 4.78 is 0. The molecule has 4 aromatic rings. The number of tetrazole rings is 1. The second-order valence-corrected chi connectivity index (χ2v) is 13.3. The van der Waals surface area contributed by atoms with Crippen LogP contribution in [0, 0.1) is 18.8 Å². The monoisotopic (exact) mass is 700 g/mol. The number of hydrogen-bond donors (Lipinski definition) is 4. The molecule has 14 heteroatoms. The molecule has 2 fully saturated rings. The van der Waals surface area contributed by atoms with E-state index in [2.05, 4.69) is 35.8 Å². The van der Waals surface area contributed by atoms with Crippen LogP contribution in [0.5, 0.6) is 0 Å². The summed E-state index contributed by atoms with van der Waals surface area (Å²) in [6.45, 7) is 4.29. The Bertz CT molecular complexity index is 1760. The number of nitrogens with two attached hydrogens (primary N) is 2. The van der Waals surface area contributed by atoms with Crippen molar-refractivity contribution in [2.24, 2.45) is 23.3 Å². The van der Waals surface area contributed by atoms with Gasteiger partial charge in [0, 0.05) is 35.3 Å². The summed E-state index contributed by atoms with van der Waals surface area (Å²) in [6.07, 6.45) is 4.25. The summed E-state index contributed by atoms with van der Waals surface area (Å²) in [5.41, 5.74) is 17.4. The van der Waals surface area contributed by atoms with Crippen molar-refractivity contribution in [2.75, 3.05) is 31.6 Å². The number of amides is 3. The molecule has 0 radical (unpaired) electrons. The molecule has 2 aromatic carbocycles. The zero-order valence-electron chi connectivity index (χ0n) is 28.4. The maximum atomic E-state index is 14.0. The van der Waals surface area contributed by atoms with Crippen LogP contribution in [0.2, 0.25) is 0 Å². The van der Waals surface area contributed by atoms with Crippen molar-refractivity contribution in [1.82, 2.24) is 35.8 Å². The molecular formula is C36H45ClN10O3. The Kier molecular flexibility index (Phi) is 12.1. The molecule has 1 saturated heterocycles. The highest BCUT2D eigenvalue weighted by Crippen LogP contribution is 2.32. The van der Waals surface area contributed by atoms with Gasteiger partial charge in [0.25, 0.3) is 11.8 Å².